The molecule has 1 aliphatic heterocycles. The lowest BCUT2D eigenvalue weighted by molar-refractivity contribution is -0.169. The zero-order valence-electron chi connectivity index (χ0n) is 22.8. The number of rotatable bonds is 13. The number of nitrogens with one attached hydrogen (secondary N) is 1. The number of benzene rings is 1. The number of likely N-dealkylation sites (tertiary alicyclic amines) is 1. The molecule has 1 saturated carbocycles. The second-order valence-corrected chi connectivity index (χ2v) is 11.5. The van der Waals surface area contributed by atoms with Gasteiger partial charge in [-0.1, -0.05) is 96.0 Å². The van der Waals surface area contributed by atoms with Gasteiger partial charge in [0.25, 0.3) is 0 Å². The zero-order valence-corrected chi connectivity index (χ0v) is 22.8. The molecule has 1 unspecified atom stereocenters. The van der Waals surface area contributed by atoms with Gasteiger partial charge in [-0.05, 0) is 43.1 Å². The molecule has 7 heteroatoms. The number of nitrogens with zero attached hydrogens (tertiary/aromatic N) is 1. The fraction of sp³-hybridized carbons (Fsp3) is 0.700. The summed E-state index contributed by atoms with van der Waals surface area (Å²) < 4.78 is 0. The quantitative estimate of drug-likeness (QED) is 0.358. The number of carbonyl (C=O) groups is 3. The molecule has 0 radical (unpaired) electrons. The van der Waals surface area contributed by atoms with Gasteiger partial charge >= 0.3 is 5.97 Å². The Morgan fingerprint density at radius 2 is 1.78 bits per heavy atom. The van der Waals surface area contributed by atoms with E-state index in [2.05, 4.69) is 5.32 Å². The lowest BCUT2D eigenvalue weighted by Gasteiger charge is -2.40. The Hall–Kier alpha value is -2.41. The summed E-state index contributed by atoms with van der Waals surface area (Å²) in [4.78, 5) is 41.2. The Morgan fingerprint density at radius 3 is 2.38 bits per heavy atom. The summed E-state index contributed by atoms with van der Waals surface area (Å²) in [5.41, 5.74) is -0.971. The van der Waals surface area contributed by atoms with Crippen molar-refractivity contribution < 1.29 is 24.6 Å². The van der Waals surface area contributed by atoms with Gasteiger partial charge in [-0.2, -0.15) is 0 Å². The molecular formula is C30H46N2O5. The summed E-state index contributed by atoms with van der Waals surface area (Å²) in [5.74, 6) is -2.15. The summed E-state index contributed by atoms with van der Waals surface area (Å²) >= 11 is 0. The molecule has 2 amide bonds. The van der Waals surface area contributed by atoms with Crippen molar-refractivity contribution in [2.24, 2.45) is 17.8 Å². The monoisotopic (exact) mass is 514 g/mol. The first-order valence-corrected chi connectivity index (χ1v) is 14.3. The van der Waals surface area contributed by atoms with Crippen molar-refractivity contribution in [2.75, 3.05) is 6.54 Å². The van der Waals surface area contributed by atoms with Gasteiger partial charge in [-0.25, -0.2) is 4.79 Å². The van der Waals surface area contributed by atoms with Crippen LogP contribution in [0.25, 0.3) is 0 Å². The lowest BCUT2D eigenvalue weighted by Crippen LogP contribution is -2.63. The normalized spacial score (nSPS) is 22.0. The van der Waals surface area contributed by atoms with Crippen LogP contribution in [0, 0.1) is 17.8 Å². The first-order valence-electron chi connectivity index (χ1n) is 14.3. The third kappa shape index (κ3) is 7.13. The van der Waals surface area contributed by atoms with Crippen LogP contribution in [0.15, 0.2) is 30.3 Å². The molecule has 37 heavy (non-hydrogen) atoms. The predicted octanol–water partition coefficient (Wildman–Crippen LogP) is 4.56. The van der Waals surface area contributed by atoms with Gasteiger partial charge in [0.05, 0.1) is 6.04 Å². The van der Waals surface area contributed by atoms with Gasteiger partial charge in [0.1, 0.15) is 6.04 Å². The van der Waals surface area contributed by atoms with Crippen LogP contribution in [-0.2, 0) is 20.8 Å². The van der Waals surface area contributed by atoms with Crippen LogP contribution >= 0.6 is 0 Å². The molecular weight excluding hydrogens is 468 g/mol. The zero-order chi connectivity index (χ0) is 27.0. The number of hydrogen-bond acceptors (Lipinski definition) is 4. The van der Waals surface area contributed by atoms with E-state index in [0.29, 0.717) is 32.2 Å². The SMILES string of the molecule is CCCC[C@@H](C(=O)N[C@@H](CC1CCCCC1)[C@@](O)(C(=O)O)C(C)C)N1CCC(Cc2ccccc2)C1=O. The molecule has 1 saturated heterocycles. The molecule has 206 valence electrons. The van der Waals surface area contributed by atoms with Crippen molar-refractivity contribution in [1.29, 1.82) is 0 Å². The molecule has 1 aliphatic carbocycles. The van der Waals surface area contributed by atoms with Gasteiger partial charge in [0.2, 0.25) is 11.8 Å². The number of carboxylic acid groups (broad SMARTS) is 1. The summed E-state index contributed by atoms with van der Waals surface area (Å²) in [6, 6.07) is 8.35. The molecule has 0 aromatic heterocycles. The van der Waals surface area contributed by atoms with Crippen molar-refractivity contribution in [3.8, 4) is 0 Å². The third-order valence-corrected chi connectivity index (χ3v) is 8.55. The van der Waals surface area contributed by atoms with E-state index in [1.54, 1.807) is 18.7 Å². The highest BCUT2D eigenvalue weighted by Gasteiger charge is 2.49. The van der Waals surface area contributed by atoms with Crippen molar-refractivity contribution in [2.45, 2.75) is 109 Å². The number of carboxylic acids is 1. The highest BCUT2D eigenvalue weighted by molar-refractivity contribution is 5.90. The largest absolute Gasteiger partial charge is 0.479 e. The Labute approximate surface area is 222 Å². The summed E-state index contributed by atoms with van der Waals surface area (Å²) in [6.07, 6.45) is 9.26. The average Bonchev–Trinajstić information content (AvgIpc) is 3.23. The first kappa shape index (κ1) is 29.2. The molecule has 0 spiro atoms. The van der Waals surface area contributed by atoms with Crippen molar-refractivity contribution in [3.05, 3.63) is 35.9 Å². The maximum absolute atomic E-state index is 13.8. The maximum atomic E-state index is 13.8. The van der Waals surface area contributed by atoms with Crippen LogP contribution in [0.1, 0.15) is 90.5 Å². The number of aliphatic hydroxyl groups is 1. The molecule has 4 atom stereocenters. The molecule has 2 fully saturated rings. The molecule has 0 bridgehead atoms. The Bertz CT molecular complexity index is 898. The van der Waals surface area contributed by atoms with E-state index >= 15 is 0 Å². The van der Waals surface area contributed by atoms with E-state index in [9.17, 15) is 24.6 Å². The topological polar surface area (TPSA) is 107 Å². The minimum Gasteiger partial charge on any atom is -0.479 e. The summed E-state index contributed by atoms with van der Waals surface area (Å²) in [7, 11) is 0. The number of aliphatic carboxylic acids is 1. The van der Waals surface area contributed by atoms with Crippen LogP contribution in [0.2, 0.25) is 0 Å². The Balaban J connectivity index is 1.80. The van der Waals surface area contributed by atoms with E-state index in [1.165, 1.54) is 6.42 Å². The number of carbonyl (C=O) groups excluding carboxylic acids is 2. The van der Waals surface area contributed by atoms with E-state index in [0.717, 1.165) is 44.1 Å². The minimum atomic E-state index is -2.08. The predicted molar refractivity (Wildman–Crippen MR) is 144 cm³/mol. The van der Waals surface area contributed by atoms with Gasteiger partial charge in [-0.15, -0.1) is 0 Å². The summed E-state index contributed by atoms with van der Waals surface area (Å²) in [5, 5.41) is 24.4. The minimum absolute atomic E-state index is 0.0127. The van der Waals surface area contributed by atoms with Gasteiger partial charge < -0.3 is 20.4 Å². The van der Waals surface area contributed by atoms with Crippen LogP contribution in [-0.4, -0.2) is 57.1 Å². The smallest absolute Gasteiger partial charge is 0.338 e. The van der Waals surface area contributed by atoms with Gasteiger partial charge in [-0.3, -0.25) is 9.59 Å². The van der Waals surface area contributed by atoms with Crippen LogP contribution in [0.4, 0.5) is 0 Å². The van der Waals surface area contributed by atoms with E-state index in [4.69, 9.17) is 0 Å². The second-order valence-electron chi connectivity index (χ2n) is 11.5. The Kier molecular flexibility index (Phi) is 10.6. The van der Waals surface area contributed by atoms with E-state index in [1.807, 2.05) is 37.3 Å². The standard InChI is InChI=1S/C30H46N2O5/c1-4-5-16-25(32-18-17-24(28(32)34)19-22-12-8-6-9-13-22)27(33)31-26(20-23-14-10-7-11-15-23)30(37,21(2)3)29(35)36/h6,8-9,12-13,21,23-26,37H,4-5,7,10-11,14-20H2,1-3H3,(H,31,33)(H,35,36)/t24?,25-,26-,30+/m0/s1. The van der Waals surface area contributed by atoms with Crippen LogP contribution < -0.4 is 5.32 Å². The Morgan fingerprint density at radius 1 is 1.11 bits per heavy atom. The van der Waals surface area contributed by atoms with Gasteiger partial charge in [0.15, 0.2) is 5.60 Å². The summed E-state index contributed by atoms with van der Waals surface area (Å²) in [6.45, 7) is 5.92. The second kappa shape index (κ2) is 13.4. The average molecular weight is 515 g/mol. The van der Waals surface area contributed by atoms with E-state index < -0.39 is 29.6 Å². The van der Waals surface area contributed by atoms with Gasteiger partial charge in [0, 0.05) is 12.5 Å². The number of amides is 2. The molecule has 1 heterocycles. The highest BCUT2D eigenvalue weighted by Crippen LogP contribution is 2.33. The lowest BCUT2D eigenvalue weighted by atomic mass is 9.75. The molecule has 3 N–H and O–H groups in total. The molecule has 1 aromatic carbocycles. The first-order chi connectivity index (χ1) is 17.7. The van der Waals surface area contributed by atoms with Crippen molar-refractivity contribution >= 4 is 17.8 Å². The fourth-order valence-electron chi connectivity index (χ4n) is 6.16. The molecule has 7 nitrogen and oxygen atoms in total. The number of unbranched alkanes of at least 4 members (excludes halogenated alkanes) is 1. The fourth-order valence-corrected chi connectivity index (χ4v) is 6.16. The van der Waals surface area contributed by atoms with Crippen molar-refractivity contribution in [3.63, 3.8) is 0 Å². The third-order valence-electron chi connectivity index (χ3n) is 8.55. The number of hydrogen-bond donors (Lipinski definition) is 3. The molecule has 3 rings (SSSR count). The maximum Gasteiger partial charge on any atom is 0.338 e. The van der Waals surface area contributed by atoms with Crippen molar-refractivity contribution in [1.82, 2.24) is 10.2 Å². The van der Waals surface area contributed by atoms with Crippen LogP contribution in [0.3, 0.4) is 0 Å². The molecule has 2 aliphatic rings. The van der Waals surface area contributed by atoms with E-state index in [-0.39, 0.29) is 23.7 Å². The molecule has 1 aromatic rings. The van der Waals surface area contributed by atoms with Crippen LogP contribution in [0.5, 0.6) is 0 Å². The highest BCUT2D eigenvalue weighted by atomic mass is 16.4.